The number of Topliss-reactive ketones (excluding diaryl/α,β-unsaturated/α-hetero) is 1. The van der Waals surface area contributed by atoms with Gasteiger partial charge in [0.2, 0.25) is 0 Å². The Morgan fingerprint density at radius 1 is 1.28 bits per heavy atom. The van der Waals surface area contributed by atoms with E-state index in [1.807, 2.05) is 13.8 Å². The van der Waals surface area contributed by atoms with Crippen LogP contribution in [0.25, 0.3) is 5.76 Å². The van der Waals surface area contributed by atoms with Crippen LogP contribution in [0.3, 0.4) is 0 Å². The first-order valence-electron chi connectivity index (χ1n) is 7.84. The molecule has 1 aliphatic carbocycles. The minimum Gasteiger partial charge on any atom is -0.506 e. The van der Waals surface area contributed by atoms with E-state index in [9.17, 15) is 14.7 Å². The molecule has 0 bridgehead atoms. The van der Waals surface area contributed by atoms with Gasteiger partial charge in [-0.15, -0.1) is 11.3 Å². The molecule has 0 saturated carbocycles. The number of nitrogens with zero attached hydrogens (tertiary/aromatic N) is 1. The highest BCUT2D eigenvalue weighted by Crippen LogP contribution is 2.36. The number of ether oxygens (including phenoxy) is 1. The Morgan fingerprint density at radius 3 is 2.60 bits per heavy atom. The Hall–Kier alpha value is -2.73. The zero-order valence-corrected chi connectivity index (χ0v) is 14.9. The number of allylic oxidation sites excluding steroid dienone is 1. The molecule has 128 valence electrons. The number of aryl methyl sites for hydroxylation is 1. The number of rotatable bonds is 4. The third kappa shape index (κ3) is 2.89. The maximum atomic E-state index is 12.4. The van der Waals surface area contributed by atoms with Gasteiger partial charge in [0.25, 0.3) is 0 Å². The van der Waals surface area contributed by atoms with Gasteiger partial charge in [0.05, 0.1) is 17.7 Å². The highest BCUT2D eigenvalue weighted by molar-refractivity contribution is 7.16. The molecule has 2 aromatic rings. The maximum Gasteiger partial charge on any atom is 0.341 e. The number of hydrogen-bond donors (Lipinski definition) is 1. The maximum absolute atomic E-state index is 12.4. The molecule has 1 aliphatic rings. The molecule has 0 radical (unpaired) electrons. The van der Waals surface area contributed by atoms with Crippen molar-refractivity contribution in [2.75, 3.05) is 6.61 Å². The van der Waals surface area contributed by atoms with E-state index in [2.05, 4.69) is 4.99 Å². The molecule has 0 fully saturated rings. The minimum absolute atomic E-state index is 0.0907. The molecule has 25 heavy (non-hydrogen) atoms. The van der Waals surface area contributed by atoms with E-state index in [0.29, 0.717) is 21.7 Å². The van der Waals surface area contributed by atoms with Crippen LogP contribution in [0.1, 0.15) is 43.6 Å². The van der Waals surface area contributed by atoms with E-state index in [1.165, 1.54) is 17.6 Å². The number of thiophene rings is 1. The van der Waals surface area contributed by atoms with Crippen molar-refractivity contribution in [1.29, 1.82) is 0 Å². The standard InChI is InChI=1S/C19H17NO4S/c1-4-24-19(23)15-10(2)11(3)25-18(15)20-9-14-16(21)12-7-5-6-8-13(12)17(14)22/h5-9,21H,4H2,1-3H3. The second-order valence-electron chi connectivity index (χ2n) is 5.58. The molecule has 0 unspecified atom stereocenters. The van der Waals surface area contributed by atoms with Gasteiger partial charge in [-0.25, -0.2) is 9.79 Å². The van der Waals surface area contributed by atoms with Gasteiger partial charge in [0.1, 0.15) is 10.8 Å². The van der Waals surface area contributed by atoms with Crippen LogP contribution in [0.15, 0.2) is 34.8 Å². The summed E-state index contributed by atoms with van der Waals surface area (Å²) in [7, 11) is 0. The summed E-state index contributed by atoms with van der Waals surface area (Å²) in [6.45, 7) is 5.75. The molecule has 0 amide bonds. The summed E-state index contributed by atoms with van der Waals surface area (Å²) in [6.07, 6.45) is 1.32. The summed E-state index contributed by atoms with van der Waals surface area (Å²) >= 11 is 1.35. The quantitative estimate of drug-likeness (QED) is 0.651. The second-order valence-corrected chi connectivity index (χ2v) is 6.78. The first-order valence-corrected chi connectivity index (χ1v) is 8.65. The number of aliphatic imine (C=N–C) groups is 1. The zero-order chi connectivity index (χ0) is 18.1. The summed E-state index contributed by atoms with van der Waals surface area (Å²) in [5.74, 6) is -0.803. The van der Waals surface area contributed by atoms with E-state index in [0.717, 1.165) is 10.4 Å². The number of aliphatic hydroxyl groups excluding tert-OH is 1. The first kappa shape index (κ1) is 17.1. The van der Waals surface area contributed by atoms with Crippen LogP contribution in [0.2, 0.25) is 0 Å². The predicted molar refractivity (Wildman–Crippen MR) is 98.2 cm³/mol. The van der Waals surface area contributed by atoms with E-state index in [4.69, 9.17) is 4.74 Å². The topological polar surface area (TPSA) is 76.0 Å². The number of fused-ring (bicyclic) bond motifs is 1. The number of carbonyl (C=O) groups excluding carboxylic acids is 2. The van der Waals surface area contributed by atoms with Gasteiger partial charge in [-0.1, -0.05) is 24.3 Å². The third-order valence-electron chi connectivity index (χ3n) is 4.08. The lowest BCUT2D eigenvalue weighted by Crippen LogP contribution is -2.05. The summed E-state index contributed by atoms with van der Waals surface area (Å²) in [5.41, 5.74) is 2.29. The van der Waals surface area contributed by atoms with Gasteiger partial charge in [-0.05, 0) is 26.3 Å². The van der Waals surface area contributed by atoms with E-state index >= 15 is 0 Å². The lowest BCUT2D eigenvalue weighted by molar-refractivity contribution is 0.0527. The highest BCUT2D eigenvalue weighted by atomic mass is 32.1. The Kier molecular flexibility index (Phi) is 4.55. The molecule has 0 atom stereocenters. The molecule has 0 spiro atoms. The summed E-state index contributed by atoms with van der Waals surface area (Å²) in [6, 6.07) is 6.85. The van der Waals surface area contributed by atoms with Crippen molar-refractivity contribution in [3.05, 3.63) is 57.0 Å². The second kappa shape index (κ2) is 6.64. The van der Waals surface area contributed by atoms with Gasteiger partial charge >= 0.3 is 5.97 Å². The lowest BCUT2D eigenvalue weighted by Gasteiger charge is -2.02. The number of benzene rings is 1. The molecule has 1 aromatic heterocycles. The fourth-order valence-corrected chi connectivity index (χ4v) is 3.66. The fourth-order valence-electron chi connectivity index (χ4n) is 2.67. The molecule has 5 nitrogen and oxygen atoms in total. The van der Waals surface area contributed by atoms with Crippen LogP contribution in [0, 0.1) is 13.8 Å². The number of ketones is 1. The minimum atomic E-state index is -0.435. The van der Waals surface area contributed by atoms with Gasteiger partial charge in [-0.2, -0.15) is 0 Å². The molecule has 1 aromatic carbocycles. The van der Waals surface area contributed by atoms with Crippen molar-refractivity contribution in [2.45, 2.75) is 20.8 Å². The average molecular weight is 355 g/mol. The van der Waals surface area contributed by atoms with Gasteiger partial charge < -0.3 is 9.84 Å². The van der Waals surface area contributed by atoms with Crippen LogP contribution in [0.4, 0.5) is 5.00 Å². The molecule has 6 heteroatoms. The van der Waals surface area contributed by atoms with Crippen molar-refractivity contribution in [2.24, 2.45) is 4.99 Å². The Balaban J connectivity index is 1.99. The Bertz CT molecular complexity index is 937. The van der Waals surface area contributed by atoms with Gasteiger partial charge in [-0.3, -0.25) is 4.79 Å². The zero-order valence-electron chi connectivity index (χ0n) is 14.1. The SMILES string of the molecule is CCOC(=O)c1c(N=CC2=C(O)c3ccccc3C2=O)sc(C)c1C. The summed E-state index contributed by atoms with van der Waals surface area (Å²) < 4.78 is 5.09. The number of esters is 1. The first-order chi connectivity index (χ1) is 12.0. The van der Waals surface area contributed by atoms with Crippen molar-refractivity contribution in [3.63, 3.8) is 0 Å². The van der Waals surface area contributed by atoms with Crippen LogP contribution in [-0.2, 0) is 4.74 Å². The average Bonchev–Trinajstić information content (AvgIpc) is 3.01. The number of aliphatic hydroxyl groups is 1. The molecule has 0 saturated heterocycles. The van der Waals surface area contributed by atoms with Crippen molar-refractivity contribution in [1.82, 2.24) is 0 Å². The van der Waals surface area contributed by atoms with Gasteiger partial charge in [0, 0.05) is 22.2 Å². The fraction of sp³-hybridized carbons (Fsp3) is 0.211. The Labute approximate surface area is 149 Å². The van der Waals surface area contributed by atoms with Crippen LogP contribution >= 0.6 is 11.3 Å². The lowest BCUT2D eigenvalue weighted by atomic mass is 10.1. The number of hydrogen-bond acceptors (Lipinski definition) is 6. The van der Waals surface area contributed by atoms with Crippen LogP contribution < -0.4 is 0 Å². The molecule has 3 rings (SSSR count). The van der Waals surface area contributed by atoms with Crippen molar-refractivity contribution < 1.29 is 19.4 Å². The van der Waals surface area contributed by atoms with E-state index in [1.54, 1.807) is 31.2 Å². The normalized spacial score (nSPS) is 13.6. The monoisotopic (exact) mass is 355 g/mol. The van der Waals surface area contributed by atoms with Gasteiger partial charge in [0.15, 0.2) is 5.78 Å². The largest absolute Gasteiger partial charge is 0.506 e. The summed E-state index contributed by atoms with van der Waals surface area (Å²) in [5, 5.41) is 10.8. The molecular formula is C19H17NO4S. The molecule has 0 aliphatic heterocycles. The molecule has 1 N–H and O–H groups in total. The highest BCUT2D eigenvalue weighted by Gasteiger charge is 2.28. The predicted octanol–water partition coefficient (Wildman–Crippen LogP) is 4.41. The number of carbonyl (C=O) groups is 2. The smallest absolute Gasteiger partial charge is 0.341 e. The van der Waals surface area contributed by atoms with Crippen molar-refractivity contribution >= 4 is 40.1 Å². The van der Waals surface area contributed by atoms with Crippen molar-refractivity contribution in [3.8, 4) is 0 Å². The summed E-state index contributed by atoms with van der Waals surface area (Å²) in [4.78, 5) is 29.9. The Morgan fingerprint density at radius 2 is 1.96 bits per heavy atom. The third-order valence-corrected chi connectivity index (χ3v) is 5.20. The van der Waals surface area contributed by atoms with Crippen LogP contribution in [0.5, 0.6) is 0 Å². The van der Waals surface area contributed by atoms with E-state index in [-0.39, 0.29) is 23.7 Å². The van der Waals surface area contributed by atoms with Crippen LogP contribution in [-0.4, -0.2) is 29.7 Å². The molecule has 1 heterocycles. The van der Waals surface area contributed by atoms with E-state index < -0.39 is 5.97 Å². The molecular weight excluding hydrogens is 338 g/mol.